The molecule has 0 saturated heterocycles. The van der Waals surface area contributed by atoms with Gasteiger partial charge in [0.1, 0.15) is 6.54 Å². The molecule has 6 nitrogen and oxygen atoms in total. The van der Waals surface area contributed by atoms with Gasteiger partial charge in [-0.25, -0.2) is 4.99 Å². The number of nitrogens with zero attached hydrogens (tertiary/aromatic N) is 3. The summed E-state index contributed by atoms with van der Waals surface area (Å²) in [6.07, 6.45) is 3.27. The van der Waals surface area contributed by atoms with E-state index in [1.54, 1.807) is 19.0 Å². The summed E-state index contributed by atoms with van der Waals surface area (Å²) in [6.45, 7) is 13.1. The van der Waals surface area contributed by atoms with Crippen molar-refractivity contribution in [1.29, 1.82) is 0 Å². The van der Waals surface area contributed by atoms with Crippen molar-refractivity contribution in [2.75, 3.05) is 46.8 Å². The van der Waals surface area contributed by atoms with Crippen LogP contribution in [-0.2, 0) is 4.79 Å². The first-order valence-corrected chi connectivity index (χ1v) is 8.91. The van der Waals surface area contributed by atoms with E-state index in [4.69, 9.17) is 0 Å². The first kappa shape index (κ1) is 21.7. The zero-order valence-corrected chi connectivity index (χ0v) is 16.0. The van der Waals surface area contributed by atoms with Crippen LogP contribution >= 0.6 is 0 Å². The zero-order chi connectivity index (χ0) is 17.7. The highest BCUT2D eigenvalue weighted by molar-refractivity contribution is 5.84. The van der Waals surface area contributed by atoms with Crippen LogP contribution in [0.5, 0.6) is 0 Å². The van der Waals surface area contributed by atoms with Gasteiger partial charge >= 0.3 is 0 Å². The van der Waals surface area contributed by atoms with Crippen molar-refractivity contribution < 1.29 is 4.79 Å². The van der Waals surface area contributed by atoms with E-state index >= 15 is 0 Å². The van der Waals surface area contributed by atoms with Gasteiger partial charge in [0.2, 0.25) is 5.91 Å². The largest absolute Gasteiger partial charge is 0.356 e. The summed E-state index contributed by atoms with van der Waals surface area (Å²) < 4.78 is 0. The van der Waals surface area contributed by atoms with Gasteiger partial charge < -0.3 is 20.4 Å². The Morgan fingerprint density at radius 2 is 1.83 bits per heavy atom. The van der Waals surface area contributed by atoms with Gasteiger partial charge in [0, 0.05) is 26.7 Å². The normalized spacial score (nSPS) is 13.1. The lowest BCUT2D eigenvalue weighted by Gasteiger charge is -2.21. The van der Waals surface area contributed by atoms with E-state index in [1.807, 2.05) is 0 Å². The van der Waals surface area contributed by atoms with E-state index in [1.165, 1.54) is 0 Å². The van der Waals surface area contributed by atoms with Crippen molar-refractivity contribution in [2.24, 2.45) is 4.99 Å². The summed E-state index contributed by atoms with van der Waals surface area (Å²) in [4.78, 5) is 20.1. The average molecular weight is 328 g/mol. The molecule has 23 heavy (non-hydrogen) atoms. The van der Waals surface area contributed by atoms with Crippen molar-refractivity contribution in [3.05, 3.63) is 0 Å². The van der Waals surface area contributed by atoms with Gasteiger partial charge in [0.15, 0.2) is 5.96 Å². The van der Waals surface area contributed by atoms with Gasteiger partial charge in [0.05, 0.1) is 0 Å². The third-order valence-corrected chi connectivity index (χ3v) is 3.80. The van der Waals surface area contributed by atoms with E-state index < -0.39 is 0 Å². The minimum Gasteiger partial charge on any atom is -0.356 e. The first-order valence-electron chi connectivity index (χ1n) is 8.91. The molecule has 1 atom stereocenters. The number of amides is 1. The molecule has 0 rings (SSSR count). The van der Waals surface area contributed by atoms with E-state index in [0.29, 0.717) is 6.04 Å². The molecule has 0 saturated carbocycles. The predicted molar refractivity (Wildman–Crippen MR) is 98.9 cm³/mol. The van der Waals surface area contributed by atoms with E-state index in [0.717, 1.165) is 51.4 Å². The Bertz CT molecular complexity index is 340. The van der Waals surface area contributed by atoms with E-state index in [9.17, 15) is 4.79 Å². The Kier molecular flexibility index (Phi) is 12.4. The highest BCUT2D eigenvalue weighted by Gasteiger charge is 2.08. The molecule has 2 N–H and O–H groups in total. The van der Waals surface area contributed by atoms with Crippen LogP contribution in [-0.4, -0.2) is 74.5 Å². The number of rotatable bonds is 11. The molecule has 0 fully saturated rings. The fourth-order valence-electron chi connectivity index (χ4n) is 2.15. The Hall–Kier alpha value is -1.30. The number of carbonyl (C=O) groups is 1. The van der Waals surface area contributed by atoms with Gasteiger partial charge in [-0.15, -0.1) is 0 Å². The molecule has 0 aliphatic carbocycles. The van der Waals surface area contributed by atoms with Gasteiger partial charge in [-0.2, -0.15) is 0 Å². The lowest BCUT2D eigenvalue weighted by atomic mass is 10.2. The standard InChI is InChI=1S/C17H37N5O/c1-7-12-18-17(19-14-16(23)21(5)6)20-15(4)11-10-13-22(8-2)9-3/h15H,7-14H2,1-6H3,(H2,18,19,20). The number of nitrogens with one attached hydrogen (secondary N) is 2. The fraction of sp³-hybridized carbons (Fsp3) is 0.882. The number of hydrogen-bond acceptors (Lipinski definition) is 3. The monoisotopic (exact) mass is 327 g/mol. The molecular weight excluding hydrogens is 290 g/mol. The van der Waals surface area contributed by atoms with Crippen molar-refractivity contribution in [3.8, 4) is 0 Å². The summed E-state index contributed by atoms with van der Waals surface area (Å²) in [5, 5.41) is 6.68. The Morgan fingerprint density at radius 3 is 2.35 bits per heavy atom. The van der Waals surface area contributed by atoms with E-state index in [2.05, 4.69) is 48.2 Å². The Balaban J connectivity index is 4.34. The van der Waals surface area contributed by atoms with Crippen molar-refractivity contribution in [2.45, 2.75) is 53.0 Å². The maximum atomic E-state index is 11.7. The van der Waals surface area contributed by atoms with E-state index in [-0.39, 0.29) is 12.5 Å². The second-order valence-corrected chi connectivity index (χ2v) is 6.09. The average Bonchev–Trinajstić information content (AvgIpc) is 2.53. The van der Waals surface area contributed by atoms with Crippen molar-refractivity contribution >= 4 is 11.9 Å². The summed E-state index contributed by atoms with van der Waals surface area (Å²) in [6, 6.07) is 0.336. The molecule has 0 aromatic rings. The van der Waals surface area contributed by atoms with Crippen LogP contribution in [0.15, 0.2) is 4.99 Å². The number of guanidine groups is 1. The second kappa shape index (κ2) is 13.2. The topological polar surface area (TPSA) is 60.0 Å². The molecule has 0 aromatic carbocycles. The fourth-order valence-corrected chi connectivity index (χ4v) is 2.15. The second-order valence-electron chi connectivity index (χ2n) is 6.09. The van der Waals surface area contributed by atoms with Crippen molar-refractivity contribution in [1.82, 2.24) is 20.4 Å². The molecule has 1 unspecified atom stereocenters. The van der Waals surface area contributed by atoms with Gasteiger partial charge in [-0.3, -0.25) is 4.79 Å². The van der Waals surface area contributed by atoms with Gasteiger partial charge in [-0.1, -0.05) is 20.8 Å². The third kappa shape index (κ3) is 11.0. The molecule has 0 heterocycles. The highest BCUT2D eigenvalue weighted by Crippen LogP contribution is 1.99. The minimum absolute atomic E-state index is 0.0109. The Labute approximate surface area is 142 Å². The maximum absolute atomic E-state index is 11.7. The SMILES string of the molecule is CCCNC(=NCC(=O)N(C)C)NC(C)CCCN(CC)CC. The maximum Gasteiger partial charge on any atom is 0.243 e. The molecule has 0 bridgehead atoms. The van der Waals surface area contributed by atoms with Crippen LogP contribution in [0.25, 0.3) is 0 Å². The van der Waals surface area contributed by atoms with Crippen LogP contribution in [0, 0.1) is 0 Å². The first-order chi connectivity index (χ1) is 10.9. The van der Waals surface area contributed by atoms with Crippen LogP contribution in [0.1, 0.15) is 47.0 Å². The third-order valence-electron chi connectivity index (χ3n) is 3.80. The molecule has 0 radical (unpaired) electrons. The quantitative estimate of drug-likeness (QED) is 0.446. The zero-order valence-electron chi connectivity index (χ0n) is 16.0. The van der Waals surface area contributed by atoms with Crippen LogP contribution < -0.4 is 10.6 Å². The van der Waals surface area contributed by atoms with Crippen LogP contribution in [0.3, 0.4) is 0 Å². The molecule has 6 heteroatoms. The van der Waals surface area contributed by atoms with Gasteiger partial charge in [0.25, 0.3) is 0 Å². The molecule has 0 spiro atoms. The number of hydrogen-bond donors (Lipinski definition) is 2. The van der Waals surface area contributed by atoms with Crippen molar-refractivity contribution in [3.63, 3.8) is 0 Å². The summed E-state index contributed by atoms with van der Waals surface area (Å²) in [5.74, 6) is 0.745. The smallest absolute Gasteiger partial charge is 0.243 e. The van der Waals surface area contributed by atoms with Gasteiger partial charge in [-0.05, 0) is 45.8 Å². The van der Waals surface area contributed by atoms with Crippen LogP contribution in [0.2, 0.25) is 0 Å². The summed E-state index contributed by atoms with van der Waals surface area (Å²) in [5.41, 5.74) is 0. The molecule has 0 aliphatic rings. The molecule has 1 amide bonds. The molecule has 0 aromatic heterocycles. The number of carbonyl (C=O) groups excluding carboxylic acids is 1. The molecule has 136 valence electrons. The summed E-state index contributed by atoms with van der Waals surface area (Å²) in [7, 11) is 3.50. The number of aliphatic imine (C=N–C) groups is 1. The number of likely N-dealkylation sites (N-methyl/N-ethyl adjacent to an activating group) is 1. The lowest BCUT2D eigenvalue weighted by molar-refractivity contribution is -0.127. The summed E-state index contributed by atoms with van der Waals surface area (Å²) >= 11 is 0. The predicted octanol–water partition coefficient (Wildman–Crippen LogP) is 1.53. The minimum atomic E-state index is 0.0109. The lowest BCUT2D eigenvalue weighted by Crippen LogP contribution is -2.43. The van der Waals surface area contributed by atoms with Crippen LogP contribution in [0.4, 0.5) is 0 Å². The molecule has 0 aliphatic heterocycles. The highest BCUT2D eigenvalue weighted by atomic mass is 16.2. The Morgan fingerprint density at radius 1 is 1.17 bits per heavy atom. The molecular formula is C17H37N5O.